The van der Waals surface area contributed by atoms with Crippen LogP contribution in [0.15, 0.2) is 0 Å². The van der Waals surface area contributed by atoms with Crippen LogP contribution in [0.5, 0.6) is 0 Å². The van der Waals surface area contributed by atoms with Crippen molar-refractivity contribution in [2.75, 3.05) is 19.6 Å². The number of nitrogens with zero attached hydrogens (tertiary/aromatic N) is 2. The molecule has 0 saturated carbocycles. The van der Waals surface area contributed by atoms with E-state index in [2.05, 4.69) is 9.88 Å². The summed E-state index contributed by atoms with van der Waals surface area (Å²) in [4.78, 5) is 29.1. The number of hydrogen-bond acceptors (Lipinski definition) is 5. The molecule has 0 spiro atoms. The molecule has 1 fully saturated rings. The highest BCUT2D eigenvalue weighted by atomic mass is 32.1. The fourth-order valence-electron chi connectivity index (χ4n) is 2.55. The number of hydrogen-bond donors (Lipinski definition) is 2. The largest absolute Gasteiger partial charge is 0.481 e. The maximum absolute atomic E-state index is 10.9. The van der Waals surface area contributed by atoms with E-state index in [0.29, 0.717) is 12.8 Å². The first kappa shape index (κ1) is 15.9. The van der Waals surface area contributed by atoms with Crippen molar-refractivity contribution in [1.29, 1.82) is 0 Å². The maximum atomic E-state index is 10.9. The lowest BCUT2D eigenvalue weighted by molar-refractivity contribution is -0.143. The van der Waals surface area contributed by atoms with Crippen LogP contribution >= 0.6 is 11.3 Å². The van der Waals surface area contributed by atoms with Gasteiger partial charge in [0.15, 0.2) is 0 Å². The van der Waals surface area contributed by atoms with Gasteiger partial charge in [-0.2, -0.15) is 0 Å². The quantitative estimate of drug-likeness (QED) is 0.825. The minimum Gasteiger partial charge on any atom is -0.481 e. The Morgan fingerprint density at radius 3 is 2.57 bits per heavy atom. The van der Waals surface area contributed by atoms with Crippen LogP contribution in [-0.4, -0.2) is 51.7 Å². The highest BCUT2D eigenvalue weighted by Crippen LogP contribution is 2.21. The summed E-state index contributed by atoms with van der Waals surface area (Å²) >= 11 is 1.47. The fourth-order valence-corrected chi connectivity index (χ4v) is 3.60. The lowest BCUT2D eigenvalue weighted by Gasteiger charge is -2.29. The number of aliphatic carboxylic acids is 2. The molecule has 1 aliphatic heterocycles. The fraction of sp³-hybridized carbons (Fsp3) is 0.643. The third kappa shape index (κ3) is 4.50. The van der Waals surface area contributed by atoms with Crippen LogP contribution in [0.2, 0.25) is 0 Å². The van der Waals surface area contributed by atoms with Gasteiger partial charge in [-0.15, -0.1) is 11.3 Å². The first-order chi connectivity index (χ1) is 9.95. The van der Waals surface area contributed by atoms with Gasteiger partial charge >= 0.3 is 11.9 Å². The molecule has 6 nitrogen and oxygen atoms in total. The molecule has 2 rings (SSSR count). The molecular formula is C14H20N2O4S. The Morgan fingerprint density at radius 1 is 1.33 bits per heavy atom. The minimum absolute atomic E-state index is 0.0352. The van der Waals surface area contributed by atoms with Crippen LogP contribution in [0.25, 0.3) is 0 Å². The number of aryl methyl sites for hydroxylation is 1. The van der Waals surface area contributed by atoms with Crippen LogP contribution in [-0.2, 0) is 22.4 Å². The van der Waals surface area contributed by atoms with E-state index in [-0.39, 0.29) is 12.3 Å². The number of piperidine rings is 1. The van der Waals surface area contributed by atoms with Crippen LogP contribution in [0.4, 0.5) is 0 Å². The van der Waals surface area contributed by atoms with Crippen LogP contribution in [0.3, 0.4) is 0 Å². The molecule has 0 aliphatic carbocycles. The average Bonchev–Trinajstić information content (AvgIpc) is 2.77. The van der Waals surface area contributed by atoms with E-state index in [1.807, 2.05) is 6.92 Å². The van der Waals surface area contributed by atoms with Crippen molar-refractivity contribution in [2.24, 2.45) is 5.92 Å². The smallest absolute Gasteiger partial charge is 0.308 e. The van der Waals surface area contributed by atoms with E-state index in [0.717, 1.165) is 41.6 Å². The summed E-state index contributed by atoms with van der Waals surface area (Å²) in [5.74, 6) is -1.72. The van der Waals surface area contributed by atoms with Crippen molar-refractivity contribution in [3.8, 4) is 0 Å². The van der Waals surface area contributed by atoms with Gasteiger partial charge in [0.2, 0.25) is 0 Å². The molecule has 0 radical (unpaired) electrons. The van der Waals surface area contributed by atoms with Crippen molar-refractivity contribution < 1.29 is 19.8 Å². The van der Waals surface area contributed by atoms with Crippen LogP contribution in [0.1, 0.15) is 28.4 Å². The molecule has 21 heavy (non-hydrogen) atoms. The van der Waals surface area contributed by atoms with Gasteiger partial charge in [-0.25, -0.2) is 4.98 Å². The third-order valence-electron chi connectivity index (χ3n) is 3.83. The summed E-state index contributed by atoms with van der Waals surface area (Å²) in [5, 5.41) is 18.8. The number of likely N-dealkylation sites (tertiary alicyclic amines) is 1. The minimum atomic E-state index is -0.830. The number of aromatic nitrogens is 1. The van der Waals surface area contributed by atoms with E-state index in [4.69, 9.17) is 10.2 Å². The van der Waals surface area contributed by atoms with Crippen molar-refractivity contribution in [1.82, 2.24) is 9.88 Å². The molecule has 1 aliphatic rings. The monoisotopic (exact) mass is 312 g/mol. The van der Waals surface area contributed by atoms with Crippen molar-refractivity contribution in [2.45, 2.75) is 32.6 Å². The molecule has 116 valence electrons. The molecular weight excluding hydrogens is 292 g/mol. The van der Waals surface area contributed by atoms with Gasteiger partial charge in [-0.3, -0.25) is 9.59 Å². The number of carboxylic acids is 2. The topological polar surface area (TPSA) is 90.7 Å². The Balaban J connectivity index is 1.81. The molecule has 1 aromatic heterocycles. The summed E-state index contributed by atoms with van der Waals surface area (Å²) in [6.45, 7) is 4.31. The lowest BCUT2D eigenvalue weighted by Crippen LogP contribution is -2.37. The van der Waals surface area contributed by atoms with Crippen LogP contribution < -0.4 is 0 Å². The Hall–Kier alpha value is -1.47. The SMILES string of the molecule is Cc1nc(CCN2CCC(C(=O)O)CC2)sc1CC(=O)O. The predicted octanol–water partition coefficient (Wildman–Crippen LogP) is 1.42. The predicted molar refractivity (Wildman–Crippen MR) is 78.7 cm³/mol. The second kappa shape index (κ2) is 7.00. The molecule has 0 aromatic carbocycles. The standard InChI is InChI=1S/C14H20N2O4S/c1-9-11(8-13(17)18)21-12(15-9)4-7-16-5-2-10(3-6-16)14(19)20/h10H,2-8H2,1H3,(H,17,18)(H,19,20). The van der Waals surface area contributed by atoms with Crippen molar-refractivity contribution in [3.05, 3.63) is 15.6 Å². The molecule has 2 heterocycles. The van der Waals surface area contributed by atoms with Gasteiger partial charge in [0.05, 0.1) is 23.0 Å². The zero-order valence-corrected chi connectivity index (χ0v) is 12.9. The summed E-state index contributed by atoms with van der Waals surface area (Å²) in [5.41, 5.74) is 0.807. The zero-order chi connectivity index (χ0) is 15.4. The molecule has 0 unspecified atom stereocenters. The maximum Gasteiger partial charge on any atom is 0.308 e. The molecule has 1 aromatic rings. The number of carbonyl (C=O) groups is 2. The summed E-state index contributed by atoms with van der Waals surface area (Å²) in [6, 6.07) is 0. The van der Waals surface area contributed by atoms with Crippen molar-refractivity contribution >= 4 is 23.3 Å². The molecule has 0 amide bonds. The molecule has 2 N–H and O–H groups in total. The summed E-state index contributed by atoms with van der Waals surface area (Å²) in [7, 11) is 0. The Kier molecular flexibility index (Phi) is 5.30. The average molecular weight is 312 g/mol. The van der Waals surface area contributed by atoms with Gasteiger partial charge in [-0.1, -0.05) is 0 Å². The molecule has 0 bridgehead atoms. The van der Waals surface area contributed by atoms with Gasteiger partial charge in [-0.05, 0) is 32.9 Å². The van der Waals surface area contributed by atoms with Crippen LogP contribution in [0, 0.1) is 12.8 Å². The second-order valence-electron chi connectivity index (χ2n) is 5.39. The summed E-state index contributed by atoms with van der Waals surface area (Å²) in [6.07, 6.45) is 2.24. The second-order valence-corrected chi connectivity index (χ2v) is 6.56. The van der Waals surface area contributed by atoms with E-state index >= 15 is 0 Å². The lowest BCUT2D eigenvalue weighted by atomic mass is 9.97. The summed E-state index contributed by atoms with van der Waals surface area (Å²) < 4.78 is 0. The van der Waals surface area contributed by atoms with E-state index in [1.54, 1.807) is 0 Å². The van der Waals surface area contributed by atoms with Gasteiger partial charge in [0, 0.05) is 17.8 Å². The van der Waals surface area contributed by atoms with E-state index < -0.39 is 11.9 Å². The van der Waals surface area contributed by atoms with Gasteiger partial charge in [0.25, 0.3) is 0 Å². The normalized spacial score (nSPS) is 17.0. The third-order valence-corrected chi connectivity index (χ3v) is 5.04. The Labute approximate surface area is 127 Å². The highest BCUT2D eigenvalue weighted by Gasteiger charge is 2.24. The first-order valence-corrected chi connectivity index (χ1v) is 7.89. The highest BCUT2D eigenvalue weighted by molar-refractivity contribution is 7.11. The first-order valence-electron chi connectivity index (χ1n) is 7.08. The Bertz CT molecular complexity index is 521. The number of carboxylic acid groups (broad SMARTS) is 2. The van der Waals surface area contributed by atoms with Gasteiger partial charge in [0.1, 0.15) is 0 Å². The van der Waals surface area contributed by atoms with Crippen molar-refractivity contribution in [3.63, 3.8) is 0 Å². The van der Waals surface area contributed by atoms with Gasteiger partial charge < -0.3 is 15.1 Å². The van der Waals surface area contributed by atoms with E-state index in [1.165, 1.54) is 11.3 Å². The number of rotatable bonds is 6. The van der Waals surface area contributed by atoms with E-state index in [9.17, 15) is 9.59 Å². The number of thiazole rings is 1. The molecule has 0 atom stereocenters. The zero-order valence-electron chi connectivity index (χ0n) is 12.0. The molecule has 7 heteroatoms. The Morgan fingerprint density at radius 2 is 2.00 bits per heavy atom. The molecule has 1 saturated heterocycles.